The first kappa shape index (κ1) is 20.6. The Kier molecular flexibility index (Phi) is 6.76. The Morgan fingerprint density at radius 3 is 2.70 bits per heavy atom. The molecule has 1 aromatic carbocycles. The zero-order valence-electron chi connectivity index (χ0n) is 17.0. The molecule has 1 N–H and O–H groups in total. The normalized spacial score (nSPS) is 16.0. The van der Waals surface area contributed by atoms with E-state index in [2.05, 4.69) is 32.0 Å². The van der Waals surface area contributed by atoms with Crippen molar-refractivity contribution < 1.29 is 9.53 Å². The van der Waals surface area contributed by atoms with Gasteiger partial charge in [0.1, 0.15) is 0 Å². The van der Waals surface area contributed by atoms with Gasteiger partial charge < -0.3 is 10.1 Å². The SMILES string of the molecule is CCc1ccc(NC(=O)CSc2nnc(-c3ccncc3)n2CC2CCCO2)cc1. The average Bonchev–Trinajstić information content (AvgIpc) is 3.44. The van der Waals surface area contributed by atoms with Crippen LogP contribution >= 0.6 is 11.8 Å². The van der Waals surface area contributed by atoms with Gasteiger partial charge in [0.05, 0.1) is 18.4 Å². The molecule has 0 bridgehead atoms. The van der Waals surface area contributed by atoms with Crippen molar-refractivity contribution in [3.63, 3.8) is 0 Å². The maximum Gasteiger partial charge on any atom is 0.234 e. The highest BCUT2D eigenvalue weighted by atomic mass is 32.2. The zero-order valence-corrected chi connectivity index (χ0v) is 17.8. The van der Waals surface area contributed by atoms with Gasteiger partial charge >= 0.3 is 0 Å². The summed E-state index contributed by atoms with van der Waals surface area (Å²) in [5, 5.41) is 12.4. The molecule has 3 aromatic rings. The molecule has 0 spiro atoms. The van der Waals surface area contributed by atoms with Crippen molar-refractivity contribution >= 4 is 23.4 Å². The number of ether oxygens (including phenoxy) is 1. The molecule has 3 heterocycles. The standard InChI is InChI=1S/C22H25N5O2S/c1-2-16-5-7-18(8-6-16)24-20(28)15-30-22-26-25-21(17-9-11-23-12-10-17)27(22)14-19-4-3-13-29-19/h5-12,19H,2-4,13-15H2,1H3,(H,24,28). The minimum absolute atomic E-state index is 0.0682. The molecule has 1 aliphatic heterocycles. The lowest BCUT2D eigenvalue weighted by molar-refractivity contribution is -0.113. The summed E-state index contributed by atoms with van der Waals surface area (Å²) in [7, 11) is 0. The number of hydrogen-bond acceptors (Lipinski definition) is 6. The van der Waals surface area contributed by atoms with Crippen molar-refractivity contribution in [2.45, 2.75) is 44.0 Å². The summed E-state index contributed by atoms with van der Waals surface area (Å²) < 4.78 is 7.87. The van der Waals surface area contributed by atoms with Crippen LogP contribution in [0.4, 0.5) is 5.69 Å². The van der Waals surface area contributed by atoms with Crippen LogP contribution in [0.2, 0.25) is 0 Å². The lowest BCUT2D eigenvalue weighted by Gasteiger charge is -2.14. The summed E-state index contributed by atoms with van der Waals surface area (Å²) in [6.45, 7) is 3.57. The van der Waals surface area contributed by atoms with Crippen LogP contribution in [0.1, 0.15) is 25.3 Å². The first-order chi connectivity index (χ1) is 14.7. The number of amides is 1. The van der Waals surface area contributed by atoms with Crippen LogP contribution in [0.3, 0.4) is 0 Å². The van der Waals surface area contributed by atoms with Gasteiger partial charge in [-0.15, -0.1) is 10.2 Å². The van der Waals surface area contributed by atoms with E-state index in [0.29, 0.717) is 11.7 Å². The second-order valence-corrected chi connectivity index (χ2v) is 8.12. The molecule has 1 amide bonds. The Hall–Kier alpha value is -2.71. The number of nitrogens with one attached hydrogen (secondary N) is 1. The Morgan fingerprint density at radius 1 is 1.20 bits per heavy atom. The number of benzene rings is 1. The Balaban J connectivity index is 1.45. The molecule has 1 fully saturated rings. The van der Waals surface area contributed by atoms with Crippen molar-refractivity contribution in [1.82, 2.24) is 19.7 Å². The Morgan fingerprint density at radius 2 is 2.00 bits per heavy atom. The number of nitrogens with zero attached hydrogens (tertiary/aromatic N) is 4. The highest BCUT2D eigenvalue weighted by Gasteiger charge is 2.22. The highest BCUT2D eigenvalue weighted by molar-refractivity contribution is 7.99. The molecule has 0 saturated carbocycles. The fourth-order valence-corrected chi connectivity index (χ4v) is 4.17. The third-order valence-electron chi connectivity index (χ3n) is 5.04. The second-order valence-electron chi connectivity index (χ2n) is 7.18. The Bertz CT molecular complexity index is 969. The fraction of sp³-hybridized carbons (Fsp3) is 0.364. The molecule has 1 atom stereocenters. The first-order valence-electron chi connectivity index (χ1n) is 10.2. The number of thioether (sulfide) groups is 1. The predicted molar refractivity (Wildman–Crippen MR) is 117 cm³/mol. The van der Waals surface area contributed by atoms with Crippen molar-refractivity contribution in [3.05, 3.63) is 54.4 Å². The van der Waals surface area contributed by atoms with Gasteiger partial charge in [-0.1, -0.05) is 30.8 Å². The monoisotopic (exact) mass is 423 g/mol. The number of carbonyl (C=O) groups is 1. The van der Waals surface area contributed by atoms with Gasteiger partial charge in [0.15, 0.2) is 11.0 Å². The average molecular weight is 424 g/mol. The van der Waals surface area contributed by atoms with E-state index >= 15 is 0 Å². The summed E-state index contributed by atoms with van der Waals surface area (Å²) >= 11 is 1.39. The van der Waals surface area contributed by atoms with E-state index in [9.17, 15) is 4.79 Å². The maximum absolute atomic E-state index is 12.5. The minimum atomic E-state index is -0.0682. The molecule has 0 radical (unpaired) electrons. The van der Waals surface area contributed by atoms with Crippen molar-refractivity contribution in [2.75, 3.05) is 17.7 Å². The molecule has 8 heteroatoms. The smallest absolute Gasteiger partial charge is 0.234 e. The van der Waals surface area contributed by atoms with E-state index < -0.39 is 0 Å². The minimum Gasteiger partial charge on any atom is -0.376 e. The molecule has 4 rings (SSSR count). The topological polar surface area (TPSA) is 81.9 Å². The molecular formula is C22H25N5O2S. The lowest BCUT2D eigenvalue weighted by atomic mass is 10.1. The van der Waals surface area contributed by atoms with E-state index in [1.54, 1.807) is 12.4 Å². The van der Waals surface area contributed by atoms with E-state index in [1.807, 2.05) is 36.4 Å². The predicted octanol–water partition coefficient (Wildman–Crippen LogP) is 3.81. The van der Waals surface area contributed by atoms with Crippen molar-refractivity contribution in [1.29, 1.82) is 0 Å². The van der Waals surface area contributed by atoms with Gasteiger partial charge in [-0.25, -0.2) is 0 Å². The highest BCUT2D eigenvalue weighted by Crippen LogP contribution is 2.26. The zero-order chi connectivity index (χ0) is 20.8. The maximum atomic E-state index is 12.5. The second kappa shape index (κ2) is 9.86. The fourth-order valence-electron chi connectivity index (χ4n) is 3.42. The van der Waals surface area contributed by atoms with E-state index in [4.69, 9.17) is 4.74 Å². The molecule has 2 aromatic heterocycles. The van der Waals surface area contributed by atoms with Crippen LogP contribution in [0.15, 0.2) is 53.9 Å². The van der Waals surface area contributed by atoms with Crippen LogP contribution in [0, 0.1) is 0 Å². The third kappa shape index (κ3) is 5.06. The number of carbonyl (C=O) groups excluding carboxylic acids is 1. The summed E-state index contributed by atoms with van der Waals surface area (Å²) in [5.74, 6) is 0.961. The lowest BCUT2D eigenvalue weighted by Crippen LogP contribution is -2.18. The molecule has 1 unspecified atom stereocenters. The summed E-state index contributed by atoms with van der Waals surface area (Å²) in [4.78, 5) is 16.5. The molecule has 30 heavy (non-hydrogen) atoms. The summed E-state index contributed by atoms with van der Waals surface area (Å²) in [6, 6.07) is 11.8. The number of aromatic nitrogens is 4. The van der Waals surface area contributed by atoms with Crippen molar-refractivity contribution in [3.8, 4) is 11.4 Å². The van der Waals surface area contributed by atoms with Crippen molar-refractivity contribution in [2.24, 2.45) is 0 Å². The van der Waals surface area contributed by atoms with Gasteiger partial charge in [0, 0.05) is 30.3 Å². The molecular weight excluding hydrogens is 398 g/mol. The number of aryl methyl sites for hydroxylation is 1. The quantitative estimate of drug-likeness (QED) is 0.555. The molecule has 0 aliphatic carbocycles. The van der Waals surface area contributed by atoms with Crippen LogP contribution < -0.4 is 5.32 Å². The number of pyridine rings is 1. The third-order valence-corrected chi connectivity index (χ3v) is 6.01. The number of rotatable bonds is 8. The van der Waals surface area contributed by atoms with Crippen LogP contribution in [0.5, 0.6) is 0 Å². The van der Waals surface area contributed by atoms with Gasteiger partial charge in [-0.3, -0.25) is 14.3 Å². The molecule has 7 nitrogen and oxygen atoms in total. The van der Waals surface area contributed by atoms with Gasteiger partial charge in [-0.2, -0.15) is 0 Å². The summed E-state index contributed by atoms with van der Waals surface area (Å²) in [5.41, 5.74) is 2.99. The van der Waals surface area contributed by atoms with Gasteiger partial charge in [0.25, 0.3) is 0 Å². The Labute approximate surface area is 180 Å². The molecule has 1 saturated heterocycles. The van der Waals surface area contributed by atoms with E-state index in [0.717, 1.165) is 42.9 Å². The van der Waals surface area contributed by atoms with Crippen LogP contribution in [0.25, 0.3) is 11.4 Å². The molecule has 1 aliphatic rings. The first-order valence-corrected chi connectivity index (χ1v) is 11.2. The van der Waals surface area contributed by atoms with Gasteiger partial charge in [-0.05, 0) is 49.1 Å². The van der Waals surface area contributed by atoms with Gasteiger partial charge in [0.2, 0.25) is 5.91 Å². The number of hydrogen-bond donors (Lipinski definition) is 1. The van der Waals surface area contributed by atoms with E-state index in [-0.39, 0.29) is 17.8 Å². The van der Waals surface area contributed by atoms with Crippen LogP contribution in [-0.4, -0.2) is 44.1 Å². The number of anilines is 1. The van der Waals surface area contributed by atoms with Crippen LogP contribution in [-0.2, 0) is 22.5 Å². The largest absolute Gasteiger partial charge is 0.376 e. The van der Waals surface area contributed by atoms with E-state index in [1.165, 1.54) is 17.3 Å². The summed E-state index contributed by atoms with van der Waals surface area (Å²) in [6.07, 6.45) is 6.69. The molecule has 156 valence electrons.